The molecule has 2 aromatic carbocycles. The van der Waals surface area contributed by atoms with E-state index in [2.05, 4.69) is 118 Å². The molecule has 1 heterocycles. The molecule has 5 heteroatoms. The maximum absolute atomic E-state index is 13.6. The number of benzene rings is 2. The summed E-state index contributed by atoms with van der Waals surface area (Å²) in [5.41, 5.74) is 2.22. The molecular formula is C26H29Br2NOS. The highest BCUT2D eigenvalue weighted by molar-refractivity contribution is 9.10. The SMILES string of the molecule is CC(C)(C)N1C(=O)C(Cc2ccc(Br)cc2)C=CCC1/C=C\SCc1ccc(Br)cc1. The molecule has 2 aromatic rings. The van der Waals surface area contributed by atoms with Gasteiger partial charge in [-0.2, -0.15) is 0 Å². The topological polar surface area (TPSA) is 20.3 Å². The van der Waals surface area contributed by atoms with Crippen molar-refractivity contribution in [1.29, 1.82) is 0 Å². The molecule has 0 aromatic heterocycles. The molecule has 1 aliphatic heterocycles. The fourth-order valence-electron chi connectivity index (χ4n) is 3.81. The molecule has 0 fully saturated rings. The lowest BCUT2D eigenvalue weighted by atomic mass is 9.95. The first kappa shape index (κ1) is 24.3. The monoisotopic (exact) mass is 561 g/mol. The van der Waals surface area contributed by atoms with Gasteiger partial charge in [-0.25, -0.2) is 0 Å². The molecule has 0 bridgehead atoms. The summed E-state index contributed by atoms with van der Waals surface area (Å²) >= 11 is 8.73. The molecule has 0 radical (unpaired) electrons. The largest absolute Gasteiger partial charge is 0.331 e. The minimum atomic E-state index is -0.244. The van der Waals surface area contributed by atoms with Crippen LogP contribution in [-0.2, 0) is 17.0 Å². The maximum atomic E-state index is 13.6. The zero-order valence-electron chi connectivity index (χ0n) is 18.2. The van der Waals surface area contributed by atoms with E-state index in [0.717, 1.165) is 27.5 Å². The predicted octanol–water partition coefficient (Wildman–Crippen LogP) is 7.77. The Morgan fingerprint density at radius 2 is 1.58 bits per heavy atom. The second-order valence-corrected chi connectivity index (χ2v) is 11.5. The maximum Gasteiger partial charge on any atom is 0.230 e. The van der Waals surface area contributed by atoms with Gasteiger partial charge in [0.05, 0.1) is 12.0 Å². The van der Waals surface area contributed by atoms with E-state index in [0.29, 0.717) is 0 Å². The van der Waals surface area contributed by atoms with Crippen molar-refractivity contribution in [1.82, 2.24) is 4.90 Å². The van der Waals surface area contributed by atoms with Gasteiger partial charge in [0.1, 0.15) is 0 Å². The summed E-state index contributed by atoms with van der Waals surface area (Å²) in [5, 5.41) is 2.15. The van der Waals surface area contributed by atoms with Crippen molar-refractivity contribution in [2.45, 2.75) is 50.9 Å². The van der Waals surface area contributed by atoms with Crippen molar-refractivity contribution in [3.8, 4) is 0 Å². The van der Waals surface area contributed by atoms with Crippen molar-refractivity contribution in [2.24, 2.45) is 5.92 Å². The standard InChI is InChI=1S/C26H29Br2NOS/c1-26(2,3)29-24(15-16-31-18-20-9-13-23(28)14-10-20)6-4-5-21(25(29)30)17-19-7-11-22(27)12-8-19/h4-5,7-16,21,24H,6,17-18H2,1-3H3/b16-15-. The Morgan fingerprint density at radius 1 is 1.00 bits per heavy atom. The van der Waals surface area contributed by atoms with Crippen molar-refractivity contribution in [3.63, 3.8) is 0 Å². The summed E-state index contributed by atoms with van der Waals surface area (Å²) in [7, 11) is 0. The van der Waals surface area contributed by atoms with E-state index in [-0.39, 0.29) is 23.4 Å². The zero-order chi connectivity index (χ0) is 22.4. The molecule has 0 N–H and O–H groups in total. The Hall–Kier alpha value is -1.30. The first-order chi connectivity index (χ1) is 14.7. The van der Waals surface area contributed by atoms with Gasteiger partial charge in [0.15, 0.2) is 0 Å². The predicted molar refractivity (Wildman–Crippen MR) is 140 cm³/mol. The summed E-state index contributed by atoms with van der Waals surface area (Å²) in [6.07, 6.45) is 8.05. The lowest BCUT2D eigenvalue weighted by Gasteiger charge is -2.41. The normalized spacial score (nSPS) is 19.8. The first-order valence-corrected chi connectivity index (χ1v) is 13.1. The highest BCUT2D eigenvalue weighted by Gasteiger charge is 2.36. The van der Waals surface area contributed by atoms with Crippen LogP contribution in [0.4, 0.5) is 0 Å². The fraction of sp³-hybridized carbons (Fsp3) is 0.346. The number of nitrogens with zero attached hydrogens (tertiary/aromatic N) is 1. The van der Waals surface area contributed by atoms with Gasteiger partial charge < -0.3 is 4.90 Å². The second-order valence-electron chi connectivity index (χ2n) is 8.81. The van der Waals surface area contributed by atoms with Crippen LogP contribution in [0.5, 0.6) is 0 Å². The first-order valence-electron chi connectivity index (χ1n) is 10.5. The van der Waals surface area contributed by atoms with Crippen LogP contribution < -0.4 is 0 Å². The Labute approximate surface area is 207 Å². The third-order valence-corrected chi connectivity index (χ3v) is 7.19. The molecule has 164 valence electrons. The number of halogens is 2. The molecule has 31 heavy (non-hydrogen) atoms. The third kappa shape index (κ3) is 7.10. The van der Waals surface area contributed by atoms with Crippen molar-refractivity contribution < 1.29 is 4.79 Å². The molecule has 1 amide bonds. The molecule has 0 aliphatic carbocycles. The summed E-state index contributed by atoms with van der Waals surface area (Å²) in [6.45, 7) is 6.38. The minimum Gasteiger partial charge on any atom is -0.331 e. The Morgan fingerprint density at radius 3 is 2.16 bits per heavy atom. The van der Waals surface area contributed by atoms with Gasteiger partial charge in [0, 0.05) is 20.2 Å². The lowest BCUT2D eigenvalue weighted by molar-refractivity contribution is -0.140. The summed E-state index contributed by atoms with van der Waals surface area (Å²) in [6, 6.07) is 16.7. The molecule has 0 saturated heterocycles. The number of hydrogen-bond acceptors (Lipinski definition) is 2. The second kappa shape index (κ2) is 11.0. The summed E-state index contributed by atoms with van der Waals surface area (Å²) in [5.74, 6) is 0.994. The number of carbonyl (C=O) groups excluding carboxylic acids is 1. The molecular weight excluding hydrogens is 534 g/mol. The number of rotatable bonds is 6. The average Bonchev–Trinajstić information content (AvgIpc) is 2.87. The van der Waals surface area contributed by atoms with E-state index in [4.69, 9.17) is 0 Å². The van der Waals surface area contributed by atoms with Crippen LogP contribution in [0.15, 0.2) is 81.1 Å². The lowest BCUT2D eigenvalue weighted by Crippen LogP contribution is -2.52. The highest BCUT2D eigenvalue weighted by Crippen LogP contribution is 2.29. The summed E-state index contributed by atoms with van der Waals surface area (Å²) < 4.78 is 2.15. The molecule has 3 rings (SSSR count). The number of thioether (sulfide) groups is 1. The molecule has 2 unspecified atom stereocenters. The average molecular weight is 563 g/mol. The van der Waals surface area contributed by atoms with E-state index in [1.807, 2.05) is 12.1 Å². The van der Waals surface area contributed by atoms with Gasteiger partial charge in [0.2, 0.25) is 5.91 Å². The van der Waals surface area contributed by atoms with Crippen LogP contribution >= 0.6 is 43.6 Å². The summed E-state index contributed by atoms with van der Waals surface area (Å²) in [4.78, 5) is 15.7. The van der Waals surface area contributed by atoms with Crippen LogP contribution in [0.1, 0.15) is 38.3 Å². The van der Waals surface area contributed by atoms with Crippen molar-refractivity contribution >= 4 is 49.5 Å². The van der Waals surface area contributed by atoms with Crippen LogP contribution in [-0.4, -0.2) is 22.4 Å². The van der Waals surface area contributed by atoms with Gasteiger partial charge in [-0.1, -0.05) is 74.4 Å². The molecule has 1 aliphatic rings. The van der Waals surface area contributed by atoms with Gasteiger partial charge in [-0.3, -0.25) is 4.79 Å². The van der Waals surface area contributed by atoms with Gasteiger partial charge in [-0.05, 0) is 74.4 Å². The quantitative estimate of drug-likeness (QED) is 0.335. The van der Waals surface area contributed by atoms with E-state index in [1.165, 1.54) is 11.1 Å². The van der Waals surface area contributed by atoms with E-state index in [9.17, 15) is 4.79 Å². The van der Waals surface area contributed by atoms with Crippen LogP contribution in [0, 0.1) is 5.92 Å². The van der Waals surface area contributed by atoms with E-state index >= 15 is 0 Å². The van der Waals surface area contributed by atoms with Crippen LogP contribution in [0.2, 0.25) is 0 Å². The van der Waals surface area contributed by atoms with Crippen molar-refractivity contribution in [3.05, 3.63) is 92.2 Å². The van der Waals surface area contributed by atoms with Gasteiger partial charge in [0.25, 0.3) is 0 Å². The van der Waals surface area contributed by atoms with Gasteiger partial charge >= 0.3 is 0 Å². The number of carbonyl (C=O) groups is 1. The number of amides is 1. The molecule has 0 spiro atoms. The molecule has 0 saturated carbocycles. The number of hydrogen-bond donors (Lipinski definition) is 0. The zero-order valence-corrected chi connectivity index (χ0v) is 22.2. The van der Waals surface area contributed by atoms with E-state index < -0.39 is 0 Å². The Bertz CT molecular complexity index is 929. The molecule has 2 nitrogen and oxygen atoms in total. The fourth-order valence-corrected chi connectivity index (χ4v) is 5.11. The van der Waals surface area contributed by atoms with Gasteiger partial charge in [-0.15, -0.1) is 11.8 Å². The minimum absolute atomic E-state index is 0.0658. The smallest absolute Gasteiger partial charge is 0.230 e. The molecule has 2 atom stereocenters. The Balaban J connectivity index is 1.70. The third-order valence-electron chi connectivity index (χ3n) is 5.28. The Kier molecular flexibility index (Phi) is 8.65. The van der Waals surface area contributed by atoms with Crippen molar-refractivity contribution in [2.75, 3.05) is 0 Å². The van der Waals surface area contributed by atoms with Crippen LogP contribution in [0.25, 0.3) is 0 Å². The van der Waals surface area contributed by atoms with Crippen LogP contribution in [0.3, 0.4) is 0 Å². The highest BCUT2D eigenvalue weighted by atomic mass is 79.9. The van der Waals surface area contributed by atoms with E-state index in [1.54, 1.807) is 11.8 Å².